The number of rotatable bonds is 3. The zero-order valence-corrected chi connectivity index (χ0v) is 8.77. The molecule has 1 aliphatic rings. The maximum Gasteiger partial charge on any atom is 0.337 e. The largest absolute Gasteiger partial charge is 0.494 e. The number of carbonyl (C=O) groups is 1. The average Bonchev–Trinajstić information content (AvgIpc) is 2.74. The molecule has 0 amide bonds. The van der Waals surface area contributed by atoms with Gasteiger partial charge in [0.1, 0.15) is 0 Å². The molecule has 1 atom stereocenters. The summed E-state index contributed by atoms with van der Waals surface area (Å²) in [4.78, 5) is 10.7. The molecule has 1 unspecified atom stereocenters. The summed E-state index contributed by atoms with van der Waals surface area (Å²) in [7, 11) is 1.22. The van der Waals surface area contributed by atoms with E-state index in [1.165, 1.54) is 13.2 Å². The van der Waals surface area contributed by atoms with Crippen molar-refractivity contribution < 1.29 is 33.6 Å². The minimum Gasteiger partial charge on any atom is -0.494 e. The maximum atomic E-state index is 13.9. The summed E-state index contributed by atoms with van der Waals surface area (Å²) in [6, 6.07) is 1.23. The summed E-state index contributed by atoms with van der Waals surface area (Å²) in [6.07, 6.45) is -2.04. The van der Waals surface area contributed by atoms with Crippen LogP contribution in [0.25, 0.3) is 0 Å². The standard InChI is InChI=1S/C10H9FO6/c1-15-4-2-5-9(17-3-16-5)6(7(4)11)8(12)10(13)14/h2,8,12H,3H2,1H3,(H,13,14). The van der Waals surface area contributed by atoms with Crippen LogP contribution in [0.15, 0.2) is 6.07 Å². The van der Waals surface area contributed by atoms with Gasteiger partial charge in [-0.2, -0.15) is 0 Å². The van der Waals surface area contributed by atoms with Crippen molar-refractivity contribution in [1.82, 2.24) is 0 Å². The third kappa shape index (κ3) is 1.74. The van der Waals surface area contributed by atoms with Crippen molar-refractivity contribution >= 4 is 5.97 Å². The normalized spacial score (nSPS) is 14.5. The van der Waals surface area contributed by atoms with Crippen molar-refractivity contribution in [2.75, 3.05) is 13.9 Å². The van der Waals surface area contributed by atoms with Gasteiger partial charge in [0.2, 0.25) is 6.79 Å². The minimum absolute atomic E-state index is 0.113. The number of hydrogen-bond donors (Lipinski definition) is 2. The quantitative estimate of drug-likeness (QED) is 0.813. The van der Waals surface area contributed by atoms with E-state index in [1.54, 1.807) is 0 Å². The summed E-state index contributed by atoms with van der Waals surface area (Å²) >= 11 is 0. The maximum absolute atomic E-state index is 13.9. The Labute approximate surface area is 95.1 Å². The molecule has 0 radical (unpaired) electrons. The summed E-state index contributed by atoms with van der Waals surface area (Å²) in [5.74, 6) is -2.76. The Morgan fingerprint density at radius 2 is 2.29 bits per heavy atom. The fraction of sp³-hybridized carbons (Fsp3) is 0.300. The number of hydrogen-bond acceptors (Lipinski definition) is 5. The summed E-state index contributed by atoms with van der Waals surface area (Å²) in [6.45, 7) is -0.165. The highest BCUT2D eigenvalue weighted by atomic mass is 19.1. The van der Waals surface area contributed by atoms with Crippen LogP contribution in [-0.4, -0.2) is 30.1 Å². The van der Waals surface area contributed by atoms with Crippen molar-refractivity contribution in [3.63, 3.8) is 0 Å². The first kappa shape index (κ1) is 11.5. The first-order chi connectivity index (χ1) is 8.06. The van der Waals surface area contributed by atoms with Gasteiger partial charge in [-0.05, 0) is 0 Å². The molecule has 0 saturated heterocycles. The van der Waals surface area contributed by atoms with Crippen molar-refractivity contribution in [3.05, 3.63) is 17.4 Å². The van der Waals surface area contributed by atoms with Gasteiger partial charge in [0.05, 0.1) is 12.7 Å². The molecule has 2 N–H and O–H groups in total. The Hall–Kier alpha value is -2.02. The monoisotopic (exact) mass is 244 g/mol. The van der Waals surface area contributed by atoms with E-state index in [1.807, 2.05) is 0 Å². The molecule has 1 heterocycles. The third-order valence-electron chi connectivity index (χ3n) is 2.33. The summed E-state index contributed by atoms with van der Waals surface area (Å²) in [5.41, 5.74) is -0.496. The molecular formula is C10H9FO6. The Balaban J connectivity index is 2.63. The molecule has 0 bridgehead atoms. The van der Waals surface area contributed by atoms with E-state index >= 15 is 0 Å². The molecule has 2 rings (SSSR count). The smallest absolute Gasteiger partial charge is 0.337 e. The van der Waals surface area contributed by atoms with E-state index in [4.69, 9.17) is 19.3 Å². The Bertz CT molecular complexity index is 472. The van der Waals surface area contributed by atoms with Gasteiger partial charge in [-0.25, -0.2) is 9.18 Å². The number of halogens is 1. The molecular weight excluding hydrogens is 235 g/mol. The SMILES string of the molecule is COc1cc2c(c(C(O)C(=O)O)c1F)OCO2. The molecule has 92 valence electrons. The lowest BCUT2D eigenvalue weighted by molar-refractivity contribution is -0.147. The van der Waals surface area contributed by atoms with Crippen LogP contribution in [0, 0.1) is 5.82 Å². The van der Waals surface area contributed by atoms with E-state index in [9.17, 15) is 14.3 Å². The fourth-order valence-electron chi connectivity index (χ4n) is 1.54. The van der Waals surface area contributed by atoms with Crippen LogP contribution in [0.5, 0.6) is 17.2 Å². The highest BCUT2D eigenvalue weighted by Gasteiger charge is 2.32. The molecule has 7 heteroatoms. The number of aliphatic carboxylic acids is 1. The number of aliphatic hydroxyl groups is 1. The van der Waals surface area contributed by atoms with E-state index in [2.05, 4.69) is 0 Å². The van der Waals surface area contributed by atoms with Gasteiger partial charge < -0.3 is 24.4 Å². The number of ether oxygens (including phenoxy) is 3. The second-order valence-corrected chi connectivity index (χ2v) is 3.28. The van der Waals surface area contributed by atoms with Crippen molar-refractivity contribution in [3.8, 4) is 17.2 Å². The van der Waals surface area contributed by atoms with E-state index in [0.29, 0.717) is 0 Å². The molecule has 6 nitrogen and oxygen atoms in total. The first-order valence-corrected chi connectivity index (χ1v) is 4.63. The number of methoxy groups -OCH3 is 1. The minimum atomic E-state index is -2.04. The molecule has 0 aliphatic carbocycles. The number of carboxylic acids is 1. The number of fused-ring (bicyclic) bond motifs is 1. The number of aliphatic hydroxyl groups excluding tert-OH is 1. The van der Waals surface area contributed by atoms with Crippen LogP contribution in [0.2, 0.25) is 0 Å². The predicted octanol–water partition coefficient (Wildman–Crippen LogP) is 0.681. The van der Waals surface area contributed by atoms with Crippen molar-refractivity contribution in [2.24, 2.45) is 0 Å². The fourth-order valence-corrected chi connectivity index (χ4v) is 1.54. The Morgan fingerprint density at radius 1 is 1.59 bits per heavy atom. The summed E-state index contributed by atoms with van der Waals surface area (Å²) < 4.78 is 28.5. The third-order valence-corrected chi connectivity index (χ3v) is 2.33. The molecule has 1 aromatic carbocycles. The highest BCUT2D eigenvalue weighted by molar-refractivity contribution is 5.76. The molecule has 1 aliphatic heterocycles. The van der Waals surface area contributed by atoms with Gasteiger partial charge in [0, 0.05) is 6.07 Å². The van der Waals surface area contributed by atoms with Crippen LogP contribution in [0.3, 0.4) is 0 Å². The van der Waals surface area contributed by atoms with Crippen LogP contribution < -0.4 is 14.2 Å². The van der Waals surface area contributed by atoms with Gasteiger partial charge in [0.25, 0.3) is 0 Å². The molecule has 0 aromatic heterocycles. The van der Waals surface area contributed by atoms with Gasteiger partial charge in [-0.1, -0.05) is 0 Å². The lowest BCUT2D eigenvalue weighted by Gasteiger charge is -2.13. The zero-order valence-electron chi connectivity index (χ0n) is 8.77. The number of carboxylic acid groups (broad SMARTS) is 1. The molecule has 0 saturated carbocycles. The van der Waals surface area contributed by atoms with Crippen LogP contribution in [0.1, 0.15) is 11.7 Å². The van der Waals surface area contributed by atoms with E-state index in [0.717, 1.165) is 0 Å². The first-order valence-electron chi connectivity index (χ1n) is 4.63. The second-order valence-electron chi connectivity index (χ2n) is 3.28. The highest BCUT2D eigenvalue weighted by Crippen LogP contribution is 2.44. The Morgan fingerprint density at radius 3 is 2.88 bits per heavy atom. The van der Waals surface area contributed by atoms with E-state index in [-0.39, 0.29) is 24.0 Å². The van der Waals surface area contributed by atoms with E-state index < -0.39 is 23.5 Å². The van der Waals surface area contributed by atoms with Crippen molar-refractivity contribution in [1.29, 1.82) is 0 Å². The molecule has 0 fully saturated rings. The molecule has 17 heavy (non-hydrogen) atoms. The van der Waals surface area contributed by atoms with Crippen molar-refractivity contribution in [2.45, 2.75) is 6.10 Å². The predicted molar refractivity (Wildman–Crippen MR) is 51.7 cm³/mol. The van der Waals surface area contributed by atoms with Crippen LogP contribution in [0.4, 0.5) is 4.39 Å². The van der Waals surface area contributed by atoms with Gasteiger partial charge >= 0.3 is 5.97 Å². The summed E-state index contributed by atoms with van der Waals surface area (Å²) in [5, 5.41) is 18.1. The van der Waals surface area contributed by atoms with Gasteiger partial charge in [-0.3, -0.25) is 0 Å². The van der Waals surface area contributed by atoms with Crippen LogP contribution >= 0.6 is 0 Å². The lowest BCUT2D eigenvalue weighted by atomic mass is 10.1. The van der Waals surface area contributed by atoms with Crippen LogP contribution in [-0.2, 0) is 4.79 Å². The number of benzene rings is 1. The average molecular weight is 244 g/mol. The van der Waals surface area contributed by atoms with Gasteiger partial charge in [0.15, 0.2) is 29.2 Å². The zero-order chi connectivity index (χ0) is 12.6. The van der Waals surface area contributed by atoms with Gasteiger partial charge in [-0.15, -0.1) is 0 Å². The Kier molecular flexibility index (Phi) is 2.76. The topological polar surface area (TPSA) is 85.2 Å². The lowest BCUT2D eigenvalue weighted by Crippen LogP contribution is -2.13. The molecule has 0 spiro atoms. The second kappa shape index (κ2) is 4.10. The molecule has 1 aromatic rings.